The lowest BCUT2D eigenvalue weighted by Crippen LogP contribution is -2.14. The van der Waals surface area contributed by atoms with Gasteiger partial charge in [-0.3, -0.25) is 9.67 Å². The van der Waals surface area contributed by atoms with E-state index in [1.165, 1.54) is 16.8 Å². The molecule has 17 heavy (non-hydrogen) atoms. The quantitative estimate of drug-likeness (QED) is 0.869. The van der Waals surface area contributed by atoms with Crippen molar-refractivity contribution in [3.8, 4) is 0 Å². The van der Waals surface area contributed by atoms with Gasteiger partial charge in [0.15, 0.2) is 0 Å². The standard InChI is InChI=1S/C13H18N4/c1-10-13(11(2)17(3)16-10)9-15-8-12-5-4-6-14-7-12/h4-7,15H,8-9H2,1-3H3. The molecule has 2 rings (SSSR count). The van der Waals surface area contributed by atoms with Crippen LogP contribution in [0.5, 0.6) is 0 Å². The first-order valence-electron chi connectivity index (χ1n) is 5.77. The van der Waals surface area contributed by atoms with Crippen LogP contribution in [-0.2, 0) is 20.1 Å². The molecule has 2 heterocycles. The van der Waals surface area contributed by atoms with Crippen molar-refractivity contribution in [1.29, 1.82) is 0 Å². The minimum absolute atomic E-state index is 0.835. The molecule has 0 saturated heterocycles. The summed E-state index contributed by atoms with van der Waals surface area (Å²) >= 11 is 0. The molecular formula is C13H18N4. The fourth-order valence-electron chi connectivity index (χ4n) is 1.91. The van der Waals surface area contributed by atoms with Gasteiger partial charge in [-0.05, 0) is 25.5 Å². The summed E-state index contributed by atoms with van der Waals surface area (Å²) in [7, 11) is 1.98. The monoisotopic (exact) mass is 230 g/mol. The number of aromatic nitrogens is 3. The van der Waals surface area contributed by atoms with Crippen LogP contribution in [0.4, 0.5) is 0 Å². The summed E-state index contributed by atoms with van der Waals surface area (Å²) in [4.78, 5) is 4.09. The van der Waals surface area contributed by atoms with E-state index < -0.39 is 0 Å². The molecule has 0 spiro atoms. The van der Waals surface area contributed by atoms with E-state index in [-0.39, 0.29) is 0 Å². The van der Waals surface area contributed by atoms with Gasteiger partial charge in [-0.15, -0.1) is 0 Å². The van der Waals surface area contributed by atoms with E-state index in [1.54, 1.807) is 6.20 Å². The van der Waals surface area contributed by atoms with Gasteiger partial charge in [-0.25, -0.2) is 0 Å². The molecule has 0 aliphatic carbocycles. The zero-order valence-corrected chi connectivity index (χ0v) is 10.6. The van der Waals surface area contributed by atoms with E-state index in [1.807, 2.05) is 30.9 Å². The van der Waals surface area contributed by atoms with Crippen LogP contribution >= 0.6 is 0 Å². The van der Waals surface area contributed by atoms with Crippen LogP contribution in [0.3, 0.4) is 0 Å². The molecule has 1 N–H and O–H groups in total. The van der Waals surface area contributed by atoms with Crippen LogP contribution in [-0.4, -0.2) is 14.8 Å². The van der Waals surface area contributed by atoms with Crippen LogP contribution in [0, 0.1) is 13.8 Å². The predicted molar refractivity (Wildman–Crippen MR) is 67.5 cm³/mol. The minimum atomic E-state index is 0.835. The fourth-order valence-corrected chi connectivity index (χ4v) is 1.91. The van der Waals surface area contributed by atoms with Crippen molar-refractivity contribution < 1.29 is 0 Å². The van der Waals surface area contributed by atoms with Crippen LogP contribution in [0.1, 0.15) is 22.5 Å². The van der Waals surface area contributed by atoms with E-state index in [2.05, 4.69) is 28.4 Å². The van der Waals surface area contributed by atoms with Gasteiger partial charge in [0, 0.05) is 43.8 Å². The van der Waals surface area contributed by atoms with Gasteiger partial charge in [0.2, 0.25) is 0 Å². The van der Waals surface area contributed by atoms with E-state index in [4.69, 9.17) is 0 Å². The van der Waals surface area contributed by atoms with Gasteiger partial charge in [0.25, 0.3) is 0 Å². The fraction of sp³-hybridized carbons (Fsp3) is 0.385. The molecule has 0 saturated carbocycles. The van der Waals surface area contributed by atoms with E-state index in [9.17, 15) is 0 Å². The van der Waals surface area contributed by atoms with Gasteiger partial charge >= 0.3 is 0 Å². The molecule has 4 nitrogen and oxygen atoms in total. The average molecular weight is 230 g/mol. The Labute approximate surface area is 102 Å². The van der Waals surface area contributed by atoms with E-state index in [0.717, 1.165) is 18.8 Å². The Kier molecular flexibility index (Phi) is 3.54. The van der Waals surface area contributed by atoms with Crippen molar-refractivity contribution in [2.24, 2.45) is 7.05 Å². The van der Waals surface area contributed by atoms with Gasteiger partial charge in [-0.1, -0.05) is 6.07 Å². The Bertz CT molecular complexity index is 488. The summed E-state index contributed by atoms with van der Waals surface area (Å²) in [5.74, 6) is 0. The maximum Gasteiger partial charge on any atom is 0.0641 e. The van der Waals surface area contributed by atoms with Crippen molar-refractivity contribution in [3.63, 3.8) is 0 Å². The summed E-state index contributed by atoms with van der Waals surface area (Å²) < 4.78 is 1.93. The number of hydrogen-bond donors (Lipinski definition) is 1. The van der Waals surface area contributed by atoms with Crippen molar-refractivity contribution in [3.05, 3.63) is 47.0 Å². The van der Waals surface area contributed by atoms with Gasteiger partial charge in [0.1, 0.15) is 0 Å². The molecule has 0 aromatic carbocycles. The first-order valence-corrected chi connectivity index (χ1v) is 5.77. The second-order valence-electron chi connectivity index (χ2n) is 4.24. The van der Waals surface area contributed by atoms with Crippen LogP contribution in [0.15, 0.2) is 24.5 Å². The number of rotatable bonds is 4. The maximum absolute atomic E-state index is 4.40. The molecule has 0 fully saturated rings. The first kappa shape index (κ1) is 11.8. The number of nitrogens with one attached hydrogen (secondary N) is 1. The Hall–Kier alpha value is -1.68. The Balaban J connectivity index is 1.95. The van der Waals surface area contributed by atoms with Crippen LogP contribution < -0.4 is 5.32 Å². The molecule has 0 atom stereocenters. The maximum atomic E-state index is 4.40. The third-order valence-corrected chi connectivity index (χ3v) is 3.01. The molecule has 0 aliphatic heterocycles. The number of hydrogen-bond acceptors (Lipinski definition) is 3. The summed E-state index contributed by atoms with van der Waals surface area (Å²) in [5.41, 5.74) is 4.81. The molecule has 4 heteroatoms. The summed E-state index contributed by atoms with van der Waals surface area (Å²) in [6.07, 6.45) is 3.68. The Morgan fingerprint density at radius 2 is 2.12 bits per heavy atom. The zero-order valence-electron chi connectivity index (χ0n) is 10.6. The second kappa shape index (κ2) is 5.10. The van der Waals surface area contributed by atoms with Crippen LogP contribution in [0.2, 0.25) is 0 Å². The topological polar surface area (TPSA) is 42.7 Å². The Morgan fingerprint density at radius 1 is 1.29 bits per heavy atom. The third-order valence-electron chi connectivity index (χ3n) is 3.01. The van der Waals surface area contributed by atoms with Gasteiger partial charge in [0.05, 0.1) is 5.69 Å². The first-order chi connectivity index (χ1) is 8.18. The van der Waals surface area contributed by atoms with E-state index >= 15 is 0 Å². The molecule has 90 valence electrons. The highest BCUT2D eigenvalue weighted by atomic mass is 15.3. The SMILES string of the molecule is Cc1nn(C)c(C)c1CNCc1cccnc1. The minimum Gasteiger partial charge on any atom is -0.308 e. The molecule has 0 radical (unpaired) electrons. The molecule has 0 amide bonds. The van der Waals surface area contributed by atoms with Crippen molar-refractivity contribution in [2.75, 3.05) is 0 Å². The molecule has 0 bridgehead atoms. The summed E-state index contributed by atoms with van der Waals surface area (Å²) in [6, 6.07) is 4.03. The van der Waals surface area contributed by atoms with Crippen molar-refractivity contribution >= 4 is 0 Å². The number of nitrogens with zero attached hydrogens (tertiary/aromatic N) is 3. The molecular weight excluding hydrogens is 212 g/mol. The lowest BCUT2D eigenvalue weighted by atomic mass is 10.2. The predicted octanol–water partition coefficient (Wildman–Crippen LogP) is 1.72. The highest BCUT2D eigenvalue weighted by Gasteiger charge is 2.08. The lowest BCUT2D eigenvalue weighted by Gasteiger charge is -2.05. The van der Waals surface area contributed by atoms with Gasteiger partial charge < -0.3 is 5.32 Å². The van der Waals surface area contributed by atoms with Crippen molar-refractivity contribution in [1.82, 2.24) is 20.1 Å². The van der Waals surface area contributed by atoms with E-state index in [0.29, 0.717) is 0 Å². The van der Waals surface area contributed by atoms with Crippen LogP contribution in [0.25, 0.3) is 0 Å². The summed E-state index contributed by atoms with van der Waals surface area (Å²) in [5, 5.41) is 7.82. The molecule has 2 aromatic rings. The zero-order chi connectivity index (χ0) is 12.3. The molecule has 2 aromatic heterocycles. The normalized spacial score (nSPS) is 10.8. The molecule has 0 unspecified atom stereocenters. The summed E-state index contributed by atoms with van der Waals surface area (Å²) in [6.45, 7) is 5.83. The average Bonchev–Trinajstić information content (AvgIpc) is 2.57. The van der Waals surface area contributed by atoms with Gasteiger partial charge in [-0.2, -0.15) is 5.10 Å². The van der Waals surface area contributed by atoms with Crippen molar-refractivity contribution in [2.45, 2.75) is 26.9 Å². The second-order valence-corrected chi connectivity index (χ2v) is 4.24. The Morgan fingerprint density at radius 3 is 2.71 bits per heavy atom. The smallest absolute Gasteiger partial charge is 0.0641 e. The third kappa shape index (κ3) is 2.71. The lowest BCUT2D eigenvalue weighted by molar-refractivity contribution is 0.682. The largest absolute Gasteiger partial charge is 0.308 e. The number of aryl methyl sites for hydroxylation is 2. The number of pyridine rings is 1. The molecule has 0 aliphatic rings. The highest BCUT2D eigenvalue weighted by Crippen LogP contribution is 2.11. The highest BCUT2D eigenvalue weighted by molar-refractivity contribution is 5.24.